The van der Waals surface area contributed by atoms with Gasteiger partial charge < -0.3 is 14.7 Å². The van der Waals surface area contributed by atoms with Gasteiger partial charge in [-0.2, -0.15) is 4.98 Å². The molecular formula is C18H24N6O2. The fraction of sp³-hybridized carbons (Fsp3) is 0.611. The van der Waals surface area contributed by atoms with Gasteiger partial charge in [0.25, 0.3) is 5.89 Å². The Hall–Kier alpha value is -2.51. The molecule has 2 amide bonds. The molecule has 1 saturated carbocycles. The maximum Gasteiger partial charge on any atom is 0.317 e. The van der Waals surface area contributed by atoms with Gasteiger partial charge in [-0.05, 0) is 25.7 Å². The average Bonchev–Trinajstić information content (AvgIpc) is 3.33. The smallest absolute Gasteiger partial charge is 0.317 e. The van der Waals surface area contributed by atoms with Gasteiger partial charge in [0.05, 0.1) is 6.20 Å². The third kappa shape index (κ3) is 3.84. The normalized spacial score (nSPS) is 21.1. The van der Waals surface area contributed by atoms with Crippen molar-refractivity contribution in [2.45, 2.75) is 63.5 Å². The number of likely N-dealkylation sites (tertiary alicyclic amines) is 1. The predicted octanol–water partition coefficient (Wildman–Crippen LogP) is 2.58. The molecule has 8 nitrogen and oxygen atoms in total. The number of amides is 2. The predicted molar refractivity (Wildman–Crippen MR) is 94.2 cm³/mol. The summed E-state index contributed by atoms with van der Waals surface area (Å²) >= 11 is 0. The van der Waals surface area contributed by atoms with Crippen LogP contribution in [0, 0.1) is 0 Å². The Balaban J connectivity index is 1.38. The first-order valence-electron chi connectivity index (χ1n) is 9.46. The molecule has 0 aromatic carbocycles. The molecule has 8 heteroatoms. The Labute approximate surface area is 152 Å². The highest BCUT2D eigenvalue weighted by Crippen LogP contribution is 2.23. The third-order valence-corrected chi connectivity index (χ3v) is 5.24. The van der Waals surface area contributed by atoms with E-state index in [1.807, 2.05) is 4.90 Å². The van der Waals surface area contributed by atoms with Gasteiger partial charge in [-0.15, -0.1) is 0 Å². The summed E-state index contributed by atoms with van der Waals surface area (Å²) in [5.74, 6) is 0.970. The van der Waals surface area contributed by atoms with E-state index in [4.69, 9.17) is 4.52 Å². The minimum atomic E-state index is 0.0528. The lowest BCUT2D eigenvalue weighted by Gasteiger charge is -2.29. The summed E-state index contributed by atoms with van der Waals surface area (Å²) in [7, 11) is 0. The standard InChI is InChI=1S/C18H24N6O2/c25-18(21-13-5-2-1-3-6-13)24-10-4-7-14(24)11-16-22-17(26-23-16)15-12-19-8-9-20-15/h8-9,12-14H,1-7,10-11H2,(H,21,25). The molecular weight excluding hydrogens is 332 g/mol. The van der Waals surface area contributed by atoms with Gasteiger partial charge in [0.15, 0.2) is 5.82 Å². The molecule has 26 heavy (non-hydrogen) atoms. The number of urea groups is 1. The van der Waals surface area contributed by atoms with Crippen molar-refractivity contribution in [3.05, 3.63) is 24.4 Å². The van der Waals surface area contributed by atoms with E-state index >= 15 is 0 Å². The molecule has 1 atom stereocenters. The van der Waals surface area contributed by atoms with Gasteiger partial charge in [-0.1, -0.05) is 24.4 Å². The molecule has 2 aliphatic rings. The average molecular weight is 356 g/mol. The van der Waals surface area contributed by atoms with Crippen LogP contribution in [0.4, 0.5) is 4.79 Å². The topological polar surface area (TPSA) is 97.0 Å². The van der Waals surface area contributed by atoms with Crippen LogP contribution < -0.4 is 5.32 Å². The van der Waals surface area contributed by atoms with Crippen LogP contribution in [0.3, 0.4) is 0 Å². The number of nitrogens with one attached hydrogen (secondary N) is 1. The second-order valence-electron chi connectivity index (χ2n) is 7.08. The van der Waals surface area contributed by atoms with E-state index in [-0.39, 0.29) is 12.1 Å². The maximum atomic E-state index is 12.7. The lowest BCUT2D eigenvalue weighted by atomic mass is 9.96. The van der Waals surface area contributed by atoms with Crippen molar-refractivity contribution in [2.24, 2.45) is 0 Å². The summed E-state index contributed by atoms with van der Waals surface area (Å²) in [4.78, 5) is 27.2. The largest absolute Gasteiger partial charge is 0.335 e. The molecule has 138 valence electrons. The van der Waals surface area contributed by atoms with Crippen molar-refractivity contribution < 1.29 is 9.32 Å². The number of nitrogens with zero attached hydrogens (tertiary/aromatic N) is 5. The summed E-state index contributed by atoms with van der Waals surface area (Å²) in [5, 5.41) is 7.27. The van der Waals surface area contributed by atoms with E-state index in [9.17, 15) is 4.79 Å². The van der Waals surface area contributed by atoms with E-state index in [0.29, 0.717) is 29.9 Å². The quantitative estimate of drug-likeness (QED) is 0.904. The molecule has 1 N–H and O–H groups in total. The fourth-order valence-corrected chi connectivity index (χ4v) is 3.88. The van der Waals surface area contributed by atoms with Gasteiger partial charge in [-0.3, -0.25) is 4.98 Å². The first-order chi connectivity index (χ1) is 12.8. The number of rotatable bonds is 4. The maximum absolute atomic E-state index is 12.7. The number of carbonyl (C=O) groups excluding carboxylic acids is 1. The highest BCUT2D eigenvalue weighted by Gasteiger charge is 2.31. The zero-order chi connectivity index (χ0) is 17.8. The van der Waals surface area contributed by atoms with E-state index in [0.717, 1.165) is 32.2 Å². The SMILES string of the molecule is O=C(NC1CCCCC1)N1CCCC1Cc1noc(-c2cnccn2)n1. The first kappa shape index (κ1) is 16.9. The Kier molecular flexibility index (Phi) is 5.08. The summed E-state index contributed by atoms with van der Waals surface area (Å²) in [6.45, 7) is 0.790. The molecule has 2 fully saturated rings. The fourth-order valence-electron chi connectivity index (χ4n) is 3.88. The van der Waals surface area contributed by atoms with Crippen molar-refractivity contribution in [1.29, 1.82) is 0 Å². The Morgan fingerprint density at radius 3 is 2.88 bits per heavy atom. The molecule has 1 unspecified atom stereocenters. The molecule has 0 bridgehead atoms. The first-order valence-corrected chi connectivity index (χ1v) is 9.46. The van der Waals surface area contributed by atoms with E-state index in [1.54, 1.807) is 18.6 Å². The van der Waals surface area contributed by atoms with Crippen molar-refractivity contribution in [3.63, 3.8) is 0 Å². The lowest BCUT2D eigenvalue weighted by molar-refractivity contribution is 0.184. The monoisotopic (exact) mass is 356 g/mol. The minimum absolute atomic E-state index is 0.0528. The summed E-state index contributed by atoms with van der Waals surface area (Å²) in [6.07, 6.45) is 13.3. The molecule has 2 aromatic heterocycles. The lowest BCUT2D eigenvalue weighted by Crippen LogP contribution is -2.47. The molecule has 0 radical (unpaired) electrons. The minimum Gasteiger partial charge on any atom is -0.335 e. The summed E-state index contributed by atoms with van der Waals surface area (Å²) in [6, 6.07) is 0.494. The van der Waals surface area contributed by atoms with Crippen LogP contribution in [-0.4, -0.2) is 49.7 Å². The Morgan fingerprint density at radius 1 is 1.19 bits per heavy atom. The molecule has 4 rings (SSSR count). The Morgan fingerprint density at radius 2 is 2.08 bits per heavy atom. The molecule has 1 saturated heterocycles. The number of hydrogen-bond donors (Lipinski definition) is 1. The van der Waals surface area contributed by atoms with Gasteiger partial charge >= 0.3 is 6.03 Å². The Bertz CT molecular complexity index is 728. The van der Waals surface area contributed by atoms with Gasteiger partial charge in [0.1, 0.15) is 5.69 Å². The van der Waals surface area contributed by atoms with Crippen LogP contribution in [0.2, 0.25) is 0 Å². The van der Waals surface area contributed by atoms with Gasteiger partial charge in [0, 0.05) is 37.4 Å². The highest BCUT2D eigenvalue weighted by atomic mass is 16.5. The highest BCUT2D eigenvalue weighted by molar-refractivity contribution is 5.75. The molecule has 3 heterocycles. The number of aromatic nitrogens is 4. The van der Waals surface area contributed by atoms with Crippen LogP contribution in [0.1, 0.15) is 50.8 Å². The molecule has 0 spiro atoms. The second-order valence-corrected chi connectivity index (χ2v) is 7.08. The van der Waals surface area contributed by atoms with Crippen LogP contribution in [-0.2, 0) is 6.42 Å². The third-order valence-electron chi connectivity index (χ3n) is 5.24. The van der Waals surface area contributed by atoms with Crippen LogP contribution in [0.15, 0.2) is 23.1 Å². The van der Waals surface area contributed by atoms with Crippen molar-refractivity contribution in [3.8, 4) is 11.6 Å². The molecule has 2 aromatic rings. The van der Waals surface area contributed by atoms with Crippen molar-refractivity contribution in [1.82, 2.24) is 30.3 Å². The van der Waals surface area contributed by atoms with Gasteiger partial charge in [-0.25, -0.2) is 9.78 Å². The van der Waals surface area contributed by atoms with E-state index < -0.39 is 0 Å². The summed E-state index contributed by atoms with van der Waals surface area (Å²) < 4.78 is 5.30. The zero-order valence-corrected chi connectivity index (χ0v) is 14.8. The van der Waals surface area contributed by atoms with Gasteiger partial charge in [0.2, 0.25) is 0 Å². The number of carbonyl (C=O) groups is 1. The molecule has 1 aliphatic carbocycles. The molecule has 1 aliphatic heterocycles. The van der Waals surface area contributed by atoms with E-state index in [1.165, 1.54) is 19.3 Å². The van der Waals surface area contributed by atoms with Crippen LogP contribution in [0.25, 0.3) is 11.6 Å². The van der Waals surface area contributed by atoms with E-state index in [2.05, 4.69) is 25.4 Å². The number of hydrogen-bond acceptors (Lipinski definition) is 6. The zero-order valence-electron chi connectivity index (χ0n) is 14.8. The van der Waals surface area contributed by atoms with Crippen LogP contribution >= 0.6 is 0 Å². The second kappa shape index (κ2) is 7.80. The van der Waals surface area contributed by atoms with Crippen molar-refractivity contribution >= 4 is 6.03 Å². The van der Waals surface area contributed by atoms with Crippen LogP contribution in [0.5, 0.6) is 0 Å². The van der Waals surface area contributed by atoms with Crippen molar-refractivity contribution in [2.75, 3.05) is 6.54 Å². The summed E-state index contributed by atoms with van der Waals surface area (Å²) in [5.41, 5.74) is 0.560.